The Balaban J connectivity index is 2.29. The number of anilines is 1. The van der Waals surface area contributed by atoms with Gasteiger partial charge in [0.1, 0.15) is 5.75 Å². The van der Waals surface area contributed by atoms with Gasteiger partial charge in [0.25, 0.3) is 5.91 Å². The average Bonchev–Trinajstić information content (AvgIpc) is 2.50. The second-order valence-electron chi connectivity index (χ2n) is 4.66. The zero-order valence-corrected chi connectivity index (χ0v) is 14.5. The van der Waals surface area contributed by atoms with Gasteiger partial charge in [-0.2, -0.15) is 0 Å². The van der Waals surface area contributed by atoms with Crippen molar-refractivity contribution in [1.29, 1.82) is 0 Å². The number of hydrogen-bond acceptors (Lipinski definition) is 4. The van der Waals surface area contributed by atoms with Gasteiger partial charge in [0.15, 0.2) is 11.5 Å². The molecule has 2 aromatic rings. The van der Waals surface area contributed by atoms with E-state index < -0.39 is 0 Å². The highest BCUT2D eigenvalue weighted by molar-refractivity contribution is 9.10. The van der Waals surface area contributed by atoms with E-state index in [2.05, 4.69) is 21.2 Å². The Morgan fingerprint density at radius 1 is 1.17 bits per heavy atom. The summed E-state index contributed by atoms with van der Waals surface area (Å²) in [5.74, 6) is 0.860. The van der Waals surface area contributed by atoms with Crippen LogP contribution < -0.4 is 14.8 Å². The van der Waals surface area contributed by atoms with Gasteiger partial charge in [0.05, 0.1) is 17.7 Å². The van der Waals surface area contributed by atoms with E-state index in [1.165, 1.54) is 12.1 Å². The molecule has 1 amide bonds. The normalized spacial score (nSPS) is 10.2. The molecule has 0 saturated heterocycles. The number of benzene rings is 2. The Morgan fingerprint density at radius 3 is 2.57 bits per heavy atom. The fourth-order valence-electron chi connectivity index (χ4n) is 2.03. The van der Waals surface area contributed by atoms with Crippen molar-refractivity contribution in [2.75, 3.05) is 18.5 Å². The van der Waals surface area contributed by atoms with Gasteiger partial charge in [-0.1, -0.05) is 6.07 Å². The predicted octanol–water partition coefficient (Wildman–Crippen LogP) is 4.20. The monoisotopic (exact) mass is 379 g/mol. The fraction of sp³-hybridized carbons (Fsp3) is 0.235. The molecular weight excluding hydrogens is 362 g/mol. The number of ether oxygens (including phenoxy) is 2. The molecule has 0 aliphatic heterocycles. The van der Waals surface area contributed by atoms with Crippen LogP contribution in [0.3, 0.4) is 0 Å². The van der Waals surface area contributed by atoms with Crippen molar-refractivity contribution in [3.8, 4) is 17.2 Å². The topological polar surface area (TPSA) is 67.8 Å². The minimum absolute atomic E-state index is 0.0886. The summed E-state index contributed by atoms with van der Waals surface area (Å²) < 4.78 is 11.8. The van der Waals surface area contributed by atoms with Crippen LogP contribution in [0.25, 0.3) is 0 Å². The third kappa shape index (κ3) is 4.39. The van der Waals surface area contributed by atoms with Crippen molar-refractivity contribution in [2.24, 2.45) is 0 Å². The molecule has 2 rings (SSSR count). The number of carbonyl (C=O) groups excluding carboxylic acids is 1. The first-order valence-corrected chi connectivity index (χ1v) is 8.04. The lowest BCUT2D eigenvalue weighted by Gasteiger charge is -2.14. The Kier molecular flexibility index (Phi) is 5.87. The molecule has 6 heteroatoms. The Morgan fingerprint density at radius 2 is 1.91 bits per heavy atom. The summed E-state index contributed by atoms with van der Waals surface area (Å²) in [4.78, 5) is 12.4. The van der Waals surface area contributed by atoms with E-state index in [1.54, 1.807) is 24.3 Å². The Bertz CT molecular complexity index is 703. The molecule has 2 aromatic carbocycles. The van der Waals surface area contributed by atoms with Gasteiger partial charge < -0.3 is 19.9 Å². The maximum Gasteiger partial charge on any atom is 0.255 e. The molecule has 2 N–H and O–H groups in total. The molecular formula is C17H18BrNO4. The molecule has 0 bridgehead atoms. The van der Waals surface area contributed by atoms with Crippen LogP contribution in [0, 0.1) is 0 Å². The summed E-state index contributed by atoms with van der Waals surface area (Å²) in [6, 6.07) is 9.68. The van der Waals surface area contributed by atoms with E-state index in [0.29, 0.717) is 40.4 Å². The second kappa shape index (κ2) is 7.87. The first kappa shape index (κ1) is 17.1. The number of carbonyl (C=O) groups is 1. The molecule has 0 aromatic heterocycles. The number of halogens is 1. The van der Waals surface area contributed by atoms with Crippen LogP contribution in [0.2, 0.25) is 0 Å². The van der Waals surface area contributed by atoms with Crippen molar-refractivity contribution in [1.82, 2.24) is 0 Å². The molecule has 0 fully saturated rings. The highest BCUT2D eigenvalue weighted by Gasteiger charge is 2.16. The third-order valence-corrected chi connectivity index (χ3v) is 3.55. The van der Waals surface area contributed by atoms with Crippen molar-refractivity contribution >= 4 is 27.5 Å². The summed E-state index contributed by atoms with van der Waals surface area (Å²) in [5, 5.41) is 12.2. The van der Waals surface area contributed by atoms with Crippen molar-refractivity contribution < 1.29 is 19.4 Å². The number of phenolic OH excluding ortho intramolecular Hbond substituents is 1. The molecule has 5 nitrogen and oxygen atoms in total. The first-order valence-electron chi connectivity index (χ1n) is 7.24. The molecule has 0 aliphatic carbocycles. The highest BCUT2D eigenvalue weighted by Crippen LogP contribution is 2.37. The molecule has 0 aliphatic rings. The summed E-state index contributed by atoms with van der Waals surface area (Å²) in [6.45, 7) is 4.70. The minimum atomic E-state index is -0.305. The first-order chi connectivity index (χ1) is 11.0. The SMILES string of the molecule is CCOc1cc(C(=O)Nc2cccc(O)c2)cc(Br)c1OCC. The third-order valence-electron chi connectivity index (χ3n) is 2.96. The standard InChI is InChI=1S/C17H18BrNO4/c1-3-22-15-9-11(8-14(18)16(15)23-4-2)17(21)19-12-6-5-7-13(20)10-12/h5-10,20H,3-4H2,1-2H3,(H,19,21). The number of aromatic hydroxyl groups is 1. The summed E-state index contributed by atoms with van der Waals surface area (Å²) in [7, 11) is 0. The number of hydrogen-bond donors (Lipinski definition) is 2. The van der Waals surface area contributed by atoms with Crippen LogP contribution in [0.1, 0.15) is 24.2 Å². The van der Waals surface area contributed by atoms with E-state index in [4.69, 9.17) is 9.47 Å². The van der Waals surface area contributed by atoms with Gasteiger partial charge in [-0.05, 0) is 54.0 Å². The smallest absolute Gasteiger partial charge is 0.255 e. The van der Waals surface area contributed by atoms with E-state index in [-0.39, 0.29) is 11.7 Å². The van der Waals surface area contributed by atoms with Gasteiger partial charge in [-0.15, -0.1) is 0 Å². The van der Waals surface area contributed by atoms with E-state index >= 15 is 0 Å². The van der Waals surface area contributed by atoms with Gasteiger partial charge in [0.2, 0.25) is 0 Å². The predicted molar refractivity (Wildman–Crippen MR) is 92.5 cm³/mol. The van der Waals surface area contributed by atoms with Crippen molar-refractivity contribution in [3.05, 3.63) is 46.4 Å². The second-order valence-corrected chi connectivity index (χ2v) is 5.51. The lowest BCUT2D eigenvalue weighted by Crippen LogP contribution is -2.12. The Labute approximate surface area is 143 Å². The number of phenols is 1. The van der Waals surface area contributed by atoms with Crippen LogP contribution in [-0.4, -0.2) is 24.2 Å². The summed E-state index contributed by atoms with van der Waals surface area (Å²) in [5.41, 5.74) is 0.935. The quantitative estimate of drug-likeness (QED) is 0.788. The van der Waals surface area contributed by atoms with Crippen LogP contribution in [-0.2, 0) is 0 Å². The molecule has 23 heavy (non-hydrogen) atoms. The van der Waals surface area contributed by atoms with Gasteiger partial charge in [0, 0.05) is 17.3 Å². The number of rotatable bonds is 6. The fourth-order valence-corrected chi connectivity index (χ4v) is 2.59. The van der Waals surface area contributed by atoms with Gasteiger partial charge in [-0.25, -0.2) is 0 Å². The highest BCUT2D eigenvalue weighted by atomic mass is 79.9. The van der Waals surface area contributed by atoms with Crippen LogP contribution >= 0.6 is 15.9 Å². The molecule has 0 heterocycles. The number of amides is 1. The van der Waals surface area contributed by atoms with Crippen LogP contribution in [0.15, 0.2) is 40.9 Å². The van der Waals surface area contributed by atoms with Gasteiger partial charge >= 0.3 is 0 Å². The largest absolute Gasteiger partial charge is 0.508 e. The number of nitrogens with one attached hydrogen (secondary N) is 1. The maximum absolute atomic E-state index is 12.4. The van der Waals surface area contributed by atoms with Crippen molar-refractivity contribution in [3.63, 3.8) is 0 Å². The minimum Gasteiger partial charge on any atom is -0.508 e. The van der Waals surface area contributed by atoms with Crippen molar-refractivity contribution in [2.45, 2.75) is 13.8 Å². The maximum atomic E-state index is 12.4. The zero-order valence-electron chi connectivity index (χ0n) is 12.9. The summed E-state index contributed by atoms with van der Waals surface area (Å²) in [6.07, 6.45) is 0. The summed E-state index contributed by atoms with van der Waals surface area (Å²) >= 11 is 3.41. The zero-order chi connectivity index (χ0) is 16.8. The van der Waals surface area contributed by atoms with E-state index in [1.807, 2.05) is 13.8 Å². The van der Waals surface area contributed by atoms with Crippen LogP contribution in [0.5, 0.6) is 17.2 Å². The van der Waals surface area contributed by atoms with Gasteiger partial charge in [-0.3, -0.25) is 4.79 Å². The molecule has 122 valence electrons. The molecule has 0 unspecified atom stereocenters. The van der Waals surface area contributed by atoms with E-state index in [9.17, 15) is 9.90 Å². The molecule has 0 saturated carbocycles. The van der Waals surface area contributed by atoms with E-state index in [0.717, 1.165) is 0 Å². The molecule has 0 radical (unpaired) electrons. The Hall–Kier alpha value is -2.21. The lowest BCUT2D eigenvalue weighted by atomic mass is 10.1. The molecule has 0 spiro atoms. The lowest BCUT2D eigenvalue weighted by molar-refractivity contribution is 0.102. The average molecular weight is 380 g/mol. The molecule has 0 atom stereocenters. The van der Waals surface area contributed by atoms with Crippen LogP contribution in [0.4, 0.5) is 5.69 Å².